The van der Waals surface area contributed by atoms with Gasteiger partial charge in [0, 0.05) is 11.6 Å². The van der Waals surface area contributed by atoms with Crippen LogP contribution in [-0.4, -0.2) is 29.4 Å². The van der Waals surface area contributed by atoms with Gasteiger partial charge in [-0.05, 0) is 24.6 Å². The van der Waals surface area contributed by atoms with E-state index < -0.39 is 29.7 Å². The number of carbonyl (C=O) groups is 1. The van der Waals surface area contributed by atoms with Crippen molar-refractivity contribution in [3.63, 3.8) is 0 Å². The number of esters is 1. The Balaban J connectivity index is 2.08. The molecule has 1 atom stereocenters. The van der Waals surface area contributed by atoms with Crippen LogP contribution in [-0.2, 0) is 16.1 Å². The number of aromatic hydroxyl groups is 1. The number of aliphatic hydroxyl groups excluding tert-OH is 1. The van der Waals surface area contributed by atoms with Crippen LogP contribution in [0.2, 0.25) is 0 Å². The van der Waals surface area contributed by atoms with Gasteiger partial charge in [0.2, 0.25) is 11.2 Å². The molecule has 7 heteroatoms. The van der Waals surface area contributed by atoms with E-state index in [9.17, 15) is 19.8 Å². The molecule has 0 spiro atoms. The average Bonchev–Trinajstić information content (AvgIpc) is 2.68. The Morgan fingerprint density at radius 1 is 1.33 bits per heavy atom. The van der Waals surface area contributed by atoms with Gasteiger partial charge in [-0.1, -0.05) is 18.2 Å². The number of ether oxygens (including phenoxy) is 2. The molecular weight excluding hydrogens is 352 g/mol. The quantitative estimate of drug-likeness (QED) is 0.750. The van der Waals surface area contributed by atoms with Crippen LogP contribution in [0.4, 0.5) is 0 Å². The summed E-state index contributed by atoms with van der Waals surface area (Å²) in [4.78, 5) is 24.2. The van der Waals surface area contributed by atoms with Gasteiger partial charge in [-0.3, -0.25) is 9.59 Å². The molecule has 7 nitrogen and oxygen atoms in total. The molecule has 0 amide bonds. The minimum Gasteiger partial charge on any atom is -0.502 e. The molecule has 1 aromatic heterocycles. The maximum Gasteiger partial charge on any atom is 0.306 e. The predicted octanol–water partition coefficient (Wildman–Crippen LogP) is 2.35. The van der Waals surface area contributed by atoms with E-state index in [1.165, 1.54) is 0 Å². The van der Waals surface area contributed by atoms with Gasteiger partial charge in [0.1, 0.15) is 24.7 Å². The molecule has 1 aliphatic rings. The van der Waals surface area contributed by atoms with Crippen LogP contribution in [0, 0.1) is 0 Å². The lowest BCUT2D eigenvalue weighted by Gasteiger charge is -2.24. The van der Waals surface area contributed by atoms with Crippen molar-refractivity contribution >= 4 is 12.0 Å². The number of fused-ring (bicyclic) bond motifs is 1. The van der Waals surface area contributed by atoms with Crippen LogP contribution in [0.5, 0.6) is 11.5 Å². The SMILES string of the molecule is CCOC(=O)C[C@@H](C1=Cc2ccccc2OC1)c1oc(CO)cc(=O)c1O. The summed E-state index contributed by atoms with van der Waals surface area (Å²) in [6.45, 7) is 1.55. The number of para-hydroxylation sites is 1. The minimum absolute atomic E-state index is 0.000568. The van der Waals surface area contributed by atoms with Crippen molar-refractivity contribution in [2.75, 3.05) is 13.2 Å². The smallest absolute Gasteiger partial charge is 0.306 e. The maximum absolute atomic E-state index is 12.1. The first-order valence-electron chi connectivity index (χ1n) is 8.58. The molecule has 2 aromatic rings. The molecule has 3 rings (SSSR count). The fourth-order valence-electron chi connectivity index (χ4n) is 2.98. The van der Waals surface area contributed by atoms with Gasteiger partial charge in [-0.25, -0.2) is 0 Å². The molecule has 27 heavy (non-hydrogen) atoms. The highest BCUT2D eigenvalue weighted by Crippen LogP contribution is 2.38. The second-order valence-electron chi connectivity index (χ2n) is 6.06. The predicted molar refractivity (Wildman–Crippen MR) is 96.5 cm³/mol. The van der Waals surface area contributed by atoms with Gasteiger partial charge in [0.25, 0.3) is 0 Å². The molecule has 2 N–H and O–H groups in total. The molecule has 0 saturated carbocycles. The summed E-state index contributed by atoms with van der Waals surface area (Å²) in [6, 6.07) is 8.40. The first kappa shape index (κ1) is 18.7. The number of hydrogen-bond acceptors (Lipinski definition) is 7. The van der Waals surface area contributed by atoms with Crippen molar-refractivity contribution < 1.29 is 28.9 Å². The first-order chi connectivity index (χ1) is 13.0. The van der Waals surface area contributed by atoms with Gasteiger partial charge < -0.3 is 24.1 Å². The third-order valence-electron chi connectivity index (χ3n) is 4.25. The molecule has 2 heterocycles. The lowest BCUT2D eigenvalue weighted by Crippen LogP contribution is -2.20. The molecule has 1 aromatic carbocycles. The second-order valence-corrected chi connectivity index (χ2v) is 6.06. The standard InChI is InChI=1S/C20H20O7/c1-2-25-18(23)9-15(20-19(24)16(22)8-14(10-21)27-20)13-7-12-5-3-4-6-17(12)26-11-13/h3-8,15,21,24H,2,9-11H2,1H3/t15-/m0/s1. The van der Waals surface area contributed by atoms with Gasteiger partial charge in [-0.2, -0.15) is 0 Å². The summed E-state index contributed by atoms with van der Waals surface area (Å²) in [7, 11) is 0. The molecule has 0 fully saturated rings. The number of aliphatic hydroxyl groups is 1. The third kappa shape index (κ3) is 4.03. The molecule has 142 valence electrons. The van der Waals surface area contributed by atoms with E-state index in [1.807, 2.05) is 30.3 Å². The van der Waals surface area contributed by atoms with E-state index in [0.29, 0.717) is 11.3 Å². The summed E-state index contributed by atoms with van der Waals surface area (Å²) in [5, 5.41) is 19.6. The Morgan fingerprint density at radius 3 is 2.85 bits per heavy atom. The number of hydrogen-bond donors (Lipinski definition) is 2. The van der Waals surface area contributed by atoms with Gasteiger partial charge in [0.05, 0.1) is 18.9 Å². The number of rotatable bonds is 6. The highest BCUT2D eigenvalue weighted by Gasteiger charge is 2.30. The molecule has 0 unspecified atom stereocenters. The Hall–Kier alpha value is -3.06. The molecule has 0 bridgehead atoms. The van der Waals surface area contributed by atoms with Crippen LogP contribution in [0.1, 0.15) is 36.3 Å². The van der Waals surface area contributed by atoms with Crippen molar-refractivity contribution in [2.24, 2.45) is 0 Å². The monoisotopic (exact) mass is 372 g/mol. The van der Waals surface area contributed by atoms with E-state index in [0.717, 1.165) is 11.6 Å². The largest absolute Gasteiger partial charge is 0.502 e. The van der Waals surface area contributed by atoms with E-state index in [2.05, 4.69) is 0 Å². The Bertz CT molecular complexity index is 926. The zero-order chi connectivity index (χ0) is 19.4. The zero-order valence-corrected chi connectivity index (χ0v) is 14.8. The van der Waals surface area contributed by atoms with Crippen molar-refractivity contribution in [1.29, 1.82) is 0 Å². The zero-order valence-electron chi connectivity index (χ0n) is 14.8. The lowest BCUT2D eigenvalue weighted by atomic mass is 9.89. The van der Waals surface area contributed by atoms with Crippen LogP contribution >= 0.6 is 0 Å². The third-order valence-corrected chi connectivity index (χ3v) is 4.25. The summed E-state index contributed by atoms with van der Waals surface area (Å²) in [5.74, 6) is -1.25. The van der Waals surface area contributed by atoms with E-state index >= 15 is 0 Å². The molecule has 0 aliphatic carbocycles. The molecule has 0 saturated heterocycles. The van der Waals surface area contributed by atoms with Crippen LogP contribution in [0.25, 0.3) is 6.08 Å². The second kappa shape index (κ2) is 8.09. The molecular formula is C20H20O7. The maximum atomic E-state index is 12.1. The van der Waals surface area contributed by atoms with Crippen LogP contribution in [0.3, 0.4) is 0 Å². The summed E-state index contributed by atoms with van der Waals surface area (Å²) < 4.78 is 16.3. The number of carbonyl (C=O) groups excluding carboxylic acids is 1. The van der Waals surface area contributed by atoms with Gasteiger partial charge in [0.15, 0.2) is 5.76 Å². The van der Waals surface area contributed by atoms with Crippen LogP contribution < -0.4 is 10.2 Å². The van der Waals surface area contributed by atoms with Gasteiger partial charge in [-0.15, -0.1) is 0 Å². The van der Waals surface area contributed by atoms with Gasteiger partial charge >= 0.3 is 5.97 Å². The Morgan fingerprint density at radius 2 is 2.11 bits per heavy atom. The highest BCUT2D eigenvalue weighted by molar-refractivity contribution is 5.73. The lowest BCUT2D eigenvalue weighted by molar-refractivity contribution is -0.143. The fraction of sp³-hybridized carbons (Fsp3) is 0.300. The van der Waals surface area contributed by atoms with Crippen molar-refractivity contribution in [1.82, 2.24) is 0 Å². The topological polar surface area (TPSA) is 106 Å². The van der Waals surface area contributed by atoms with Crippen molar-refractivity contribution in [3.05, 3.63) is 63.2 Å². The Labute approximate surface area is 155 Å². The minimum atomic E-state index is -0.767. The fourth-order valence-corrected chi connectivity index (χ4v) is 2.98. The Kier molecular flexibility index (Phi) is 5.61. The summed E-state index contributed by atoms with van der Waals surface area (Å²) in [6.07, 6.45) is 1.70. The average molecular weight is 372 g/mol. The first-order valence-corrected chi connectivity index (χ1v) is 8.58. The molecule has 0 radical (unpaired) electrons. The van der Waals surface area contributed by atoms with Crippen molar-refractivity contribution in [2.45, 2.75) is 25.9 Å². The van der Waals surface area contributed by atoms with Crippen molar-refractivity contribution in [3.8, 4) is 11.5 Å². The molecule has 1 aliphatic heterocycles. The highest BCUT2D eigenvalue weighted by atomic mass is 16.5. The van der Waals surface area contributed by atoms with Crippen LogP contribution in [0.15, 0.2) is 45.1 Å². The normalized spacial score (nSPS) is 13.9. The van der Waals surface area contributed by atoms with E-state index in [-0.39, 0.29) is 31.2 Å². The summed E-state index contributed by atoms with van der Waals surface area (Å²) in [5.41, 5.74) is 0.773. The van der Waals surface area contributed by atoms with E-state index in [1.54, 1.807) is 6.92 Å². The summed E-state index contributed by atoms with van der Waals surface area (Å²) >= 11 is 0. The van der Waals surface area contributed by atoms with E-state index in [4.69, 9.17) is 13.9 Å². The number of benzene rings is 1.